The molecule has 1 saturated heterocycles. The molecule has 0 radical (unpaired) electrons. The third-order valence-electron chi connectivity index (χ3n) is 4.99. The van der Waals surface area contributed by atoms with Gasteiger partial charge in [-0.25, -0.2) is 4.68 Å². The quantitative estimate of drug-likeness (QED) is 0.848. The van der Waals surface area contributed by atoms with Gasteiger partial charge in [0.15, 0.2) is 11.4 Å². The number of para-hydroxylation sites is 1. The smallest absolute Gasteiger partial charge is 0.278 e. The summed E-state index contributed by atoms with van der Waals surface area (Å²) in [5, 5.41) is 4.58. The summed E-state index contributed by atoms with van der Waals surface area (Å²) in [6, 6.07) is 9.82. The Hall–Kier alpha value is -2.34. The molecule has 2 aromatic rings. The average Bonchev–Trinajstić information content (AvgIpc) is 3.10. The predicted octanol–water partition coefficient (Wildman–Crippen LogP) is 3.11. The van der Waals surface area contributed by atoms with E-state index in [2.05, 4.69) is 25.9 Å². The van der Waals surface area contributed by atoms with Gasteiger partial charge in [-0.05, 0) is 36.8 Å². The molecule has 0 spiro atoms. The number of hydrogen-bond donors (Lipinski definition) is 1. The van der Waals surface area contributed by atoms with Crippen molar-refractivity contribution in [3.63, 3.8) is 0 Å². The standard InChI is InChI=1S/C21H30N4O2/c1-15(2)14-27-19-13-25(17-7-5-4-6-8-17)23-20(19)21(26)24-10-9-16(3)11-18(24)12-22/h4-8,13,15-16,18H,9-12,14,22H2,1-3H3. The lowest BCUT2D eigenvalue weighted by atomic mass is 9.92. The molecule has 2 unspecified atom stereocenters. The molecule has 3 rings (SSSR count). The molecule has 146 valence electrons. The van der Waals surface area contributed by atoms with Crippen molar-refractivity contribution in [2.24, 2.45) is 17.6 Å². The third-order valence-corrected chi connectivity index (χ3v) is 4.99. The maximum atomic E-state index is 13.3. The zero-order valence-corrected chi connectivity index (χ0v) is 16.5. The maximum Gasteiger partial charge on any atom is 0.278 e. The van der Waals surface area contributed by atoms with Crippen LogP contribution in [0.1, 0.15) is 44.1 Å². The zero-order chi connectivity index (χ0) is 19.4. The first kappa shape index (κ1) is 19.4. The van der Waals surface area contributed by atoms with E-state index < -0.39 is 0 Å². The highest BCUT2D eigenvalue weighted by atomic mass is 16.5. The summed E-state index contributed by atoms with van der Waals surface area (Å²) in [5.74, 6) is 1.39. The van der Waals surface area contributed by atoms with Gasteiger partial charge in [-0.1, -0.05) is 39.0 Å². The van der Waals surface area contributed by atoms with Crippen LogP contribution in [0.5, 0.6) is 5.75 Å². The van der Waals surface area contributed by atoms with Crippen LogP contribution in [0.2, 0.25) is 0 Å². The van der Waals surface area contributed by atoms with Gasteiger partial charge >= 0.3 is 0 Å². The Labute approximate surface area is 161 Å². The highest BCUT2D eigenvalue weighted by molar-refractivity contribution is 5.95. The van der Waals surface area contributed by atoms with Crippen LogP contribution in [-0.4, -0.2) is 46.3 Å². The van der Waals surface area contributed by atoms with Crippen molar-refractivity contribution in [2.45, 2.75) is 39.7 Å². The van der Waals surface area contributed by atoms with E-state index in [1.807, 2.05) is 35.2 Å². The summed E-state index contributed by atoms with van der Waals surface area (Å²) in [4.78, 5) is 15.2. The highest BCUT2D eigenvalue weighted by Crippen LogP contribution is 2.27. The molecule has 2 heterocycles. The van der Waals surface area contributed by atoms with Crippen molar-refractivity contribution in [1.29, 1.82) is 0 Å². The summed E-state index contributed by atoms with van der Waals surface area (Å²) in [6.07, 6.45) is 3.72. The summed E-state index contributed by atoms with van der Waals surface area (Å²) in [5.41, 5.74) is 7.22. The van der Waals surface area contributed by atoms with Crippen LogP contribution in [0.4, 0.5) is 0 Å². The number of nitrogens with zero attached hydrogens (tertiary/aromatic N) is 3. The summed E-state index contributed by atoms with van der Waals surface area (Å²) < 4.78 is 7.66. The van der Waals surface area contributed by atoms with Gasteiger partial charge in [0.2, 0.25) is 0 Å². The van der Waals surface area contributed by atoms with E-state index in [4.69, 9.17) is 10.5 Å². The van der Waals surface area contributed by atoms with Crippen LogP contribution in [0.3, 0.4) is 0 Å². The molecule has 2 N–H and O–H groups in total. The predicted molar refractivity (Wildman–Crippen MR) is 106 cm³/mol. The van der Waals surface area contributed by atoms with Crippen LogP contribution >= 0.6 is 0 Å². The Balaban J connectivity index is 1.91. The van der Waals surface area contributed by atoms with Gasteiger partial charge in [0.25, 0.3) is 5.91 Å². The van der Waals surface area contributed by atoms with E-state index in [0.29, 0.717) is 43.0 Å². The molecule has 6 heteroatoms. The Morgan fingerprint density at radius 1 is 1.33 bits per heavy atom. The van der Waals surface area contributed by atoms with E-state index in [1.165, 1.54) is 0 Å². The maximum absolute atomic E-state index is 13.3. The molecule has 27 heavy (non-hydrogen) atoms. The SMILES string of the molecule is CC(C)COc1cn(-c2ccccc2)nc1C(=O)N1CCC(C)CC1CN. The topological polar surface area (TPSA) is 73.4 Å². The number of ether oxygens (including phenoxy) is 1. The number of carbonyl (C=O) groups excluding carboxylic acids is 1. The molecule has 6 nitrogen and oxygen atoms in total. The summed E-state index contributed by atoms with van der Waals surface area (Å²) >= 11 is 0. The Bertz CT molecular complexity index is 757. The molecular formula is C21H30N4O2. The minimum absolute atomic E-state index is 0.0566. The minimum atomic E-state index is -0.0919. The molecule has 1 fully saturated rings. The number of aromatic nitrogens is 2. The molecule has 1 aromatic carbocycles. The van der Waals surface area contributed by atoms with Gasteiger partial charge in [0.05, 0.1) is 18.5 Å². The normalized spacial score (nSPS) is 20.1. The van der Waals surface area contributed by atoms with Crippen molar-refractivity contribution in [3.8, 4) is 11.4 Å². The summed E-state index contributed by atoms with van der Waals surface area (Å²) in [7, 11) is 0. The van der Waals surface area contributed by atoms with Gasteiger partial charge in [-0.3, -0.25) is 4.79 Å². The van der Waals surface area contributed by atoms with Crippen molar-refractivity contribution >= 4 is 5.91 Å². The van der Waals surface area contributed by atoms with Crippen molar-refractivity contribution in [2.75, 3.05) is 19.7 Å². The molecule has 0 aliphatic carbocycles. The number of nitrogens with two attached hydrogens (primary N) is 1. The van der Waals surface area contributed by atoms with E-state index in [1.54, 1.807) is 10.9 Å². The van der Waals surface area contributed by atoms with Gasteiger partial charge in [-0.15, -0.1) is 0 Å². The molecular weight excluding hydrogens is 340 g/mol. The fourth-order valence-electron chi connectivity index (χ4n) is 3.46. The van der Waals surface area contributed by atoms with Gasteiger partial charge in [-0.2, -0.15) is 5.10 Å². The Morgan fingerprint density at radius 2 is 2.07 bits per heavy atom. The minimum Gasteiger partial charge on any atom is -0.489 e. The number of amides is 1. The first-order valence-electron chi connectivity index (χ1n) is 9.78. The molecule has 0 saturated carbocycles. The molecule has 1 aliphatic rings. The van der Waals surface area contributed by atoms with E-state index >= 15 is 0 Å². The highest BCUT2D eigenvalue weighted by Gasteiger charge is 2.32. The number of hydrogen-bond acceptors (Lipinski definition) is 4. The molecule has 2 atom stereocenters. The number of piperidine rings is 1. The fraction of sp³-hybridized carbons (Fsp3) is 0.524. The van der Waals surface area contributed by atoms with Crippen molar-refractivity contribution in [1.82, 2.24) is 14.7 Å². The molecule has 1 aliphatic heterocycles. The third kappa shape index (κ3) is 4.50. The number of benzene rings is 1. The van der Waals surface area contributed by atoms with Crippen LogP contribution in [0.15, 0.2) is 36.5 Å². The van der Waals surface area contributed by atoms with Gasteiger partial charge in [0.1, 0.15) is 0 Å². The molecule has 1 aromatic heterocycles. The van der Waals surface area contributed by atoms with E-state index in [9.17, 15) is 4.79 Å². The van der Waals surface area contributed by atoms with Crippen LogP contribution in [-0.2, 0) is 0 Å². The van der Waals surface area contributed by atoms with Crippen LogP contribution < -0.4 is 10.5 Å². The second-order valence-corrected chi connectivity index (χ2v) is 7.84. The number of carbonyl (C=O) groups is 1. The van der Waals surface area contributed by atoms with E-state index in [0.717, 1.165) is 18.5 Å². The van der Waals surface area contributed by atoms with Crippen molar-refractivity contribution < 1.29 is 9.53 Å². The fourth-order valence-corrected chi connectivity index (χ4v) is 3.46. The number of likely N-dealkylation sites (tertiary alicyclic amines) is 1. The lowest BCUT2D eigenvalue weighted by molar-refractivity contribution is 0.0562. The Morgan fingerprint density at radius 3 is 2.74 bits per heavy atom. The largest absolute Gasteiger partial charge is 0.489 e. The average molecular weight is 370 g/mol. The van der Waals surface area contributed by atoms with Crippen LogP contribution in [0.25, 0.3) is 5.69 Å². The van der Waals surface area contributed by atoms with E-state index in [-0.39, 0.29) is 11.9 Å². The summed E-state index contributed by atoms with van der Waals surface area (Å²) in [6.45, 7) is 8.10. The Kier molecular flexibility index (Phi) is 6.16. The monoisotopic (exact) mass is 370 g/mol. The number of rotatable bonds is 6. The molecule has 0 bridgehead atoms. The van der Waals surface area contributed by atoms with Crippen LogP contribution in [0, 0.1) is 11.8 Å². The molecule has 1 amide bonds. The first-order chi connectivity index (χ1) is 13.0. The first-order valence-corrected chi connectivity index (χ1v) is 9.78. The van der Waals surface area contributed by atoms with Gasteiger partial charge < -0.3 is 15.4 Å². The second-order valence-electron chi connectivity index (χ2n) is 7.84. The lowest BCUT2D eigenvalue weighted by Crippen LogP contribution is -2.49. The van der Waals surface area contributed by atoms with Crippen molar-refractivity contribution in [3.05, 3.63) is 42.2 Å². The lowest BCUT2D eigenvalue weighted by Gasteiger charge is -2.37. The zero-order valence-electron chi connectivity index (χ0n) is 16.5. The second kappa shape index (κ2) is 8.57. The van der Waals surface area contributed by atoms with Gasteiger partial charge in [0, 0.05) is 19.1 Å².